The Labute approximate surface area is 117 Å². The van der Waals surface area contributed by atoms with Gasteiger partial charge >= 0.3 is 0 Å². The van der Waals surface area contributed by atoms with Crippen molar-refractivity contribution in [2.75, 3.05) is 5.01 Å². The van der Waals surface area contributed by atoms with Crippen molar-refractivity contribution in [3.05, 3.63) is 66.0 Å². The molecule has 98 valence electrons. The van der Waals surface area contributed by atoms with Crippen molar-refractivity contribution in [1.29, 1.82) is 0 Å². The maximum absolute atomic E-state index is 12.4. The van der Waals surface area contributed by atoms with E-state index in [1.54, 1.807) is 12.4 Å². The fourth-order valence-corrected chi connectivity index (χ4v) is 2.06. The van der Waals surface area contributed by atoms with Gasteiger partial charge in [-0.05, 0) is 36.8 Å². The van der Waals surface area contributed by atoms with Gasteiger partial charge in [-0.25, -0.2) is 0 Å². The second-order valence-corrected chi connectivity index (χ2v) is 4.48. The zero-order chi connectivity index (χ0) is 13.9. The number of carbonyl (C=O) groups is 1. The molecule has 0 aliphatic carbocycles. The first-order chi connectivity index (χ1) is 9.75. The zero-order valence-electron chi connectivity index (χ0n) is 11.0. The van der Waals surface area contributed by atoms with Gasteiger partial charge in [0.05, 0.1) is 17.0 Å². The minimum atomic E-state index is -0.113. The first-order valence-electron chi connectivity index (χ1n) is 6.32. The molecule has 0 saturated carbocycles. The number of hydrogen-bond donors (Lipinski definition) is 0. The molecule has 0 N–H and O–H groups in total. The van der Waals surface area contributed by atoms with Gasteiger partial charge in [-0.2, -0.15) is 10.1 Å². The van der Waals surface area contributed by atoms with Crippen LogP contribution >= 0.6 is 0 Å². The lowest BCUT2D eigenvalue weighted by molar-refractivity contribution is -0.114. The summed E-state index contributed by atoms with van der Waals surface area (Å²) in [7, 11) is 0. The fraction of sp³-hybridized carbons (Fsp3) is 0.0625. The van der Waals surface area contributed by atoms with Crippen LogP contribution in [0.1, 0.15) is 12.5 Å². The normalized spacial score (nSPS) is 16.6. The monoisotopic (exact) mass is 263 g/mol. The van der Waals surface area contributed by atoms with Gasteiger partial charge in [-0.3, -0.25) is 9.78 Å². The molecular weight excluding hydrogens is 250 g/mol. The van der Waals surface area contributed by atoms with Crippen LogP contribution in [-0.2, 0) is 4.79 Å². The van der Waals surface area contributed by atoms with Gasteiger partial charge in [0, 0.05) is 12.4 Å². The number of benzene rings is 1. The molecule has 0 saturated heterocycles. The van der Waals surface area contributed by atoms with E-state index in [1.807, 2.05) is 55.5 Å². The standard InChI is InChI=1S/C16H13N3O/c1-12-15(10-13-6-5-9-17-11-13)16(20)19(18-12)14-7-3-2-4-8-14/h2-11H,1H3. The van der Waals surface area contributed by atoms with Gasteiger partial charge < -0.3 is 0 Å². The summed E-state index contributed by atoms with van der Waals surface area (Å²) in [4.78, 5) is 16.5. The Balaban J connectivity index is 1.96. The van der Waals surface area contributed by atoms with Gasteiger partial charge in [-0.15, -0.1) is 0 Å². The van der Waals surface area contributed by atoms with Crippen molar-refractivity contribution in [2.24, 2.45) is 5.10 Å². The Morgan fingerprint density at radius 2 is 1.90 bits per heavy atom. The van der Waals surface area contributed by atoms with E-state index >= 15 is 0 Å². The lowest BCUT2D eigenvalue weighted by Gasteiger charge is -2.10. The quantitative estimate of drug-likeness (QED) is 0.782. The molecule has 4 heteroatoms. The van der Waals surface area contributed by atoms with E-state index in [0.29, 0.717) is 11.3 Å². The number of amides is 1. The maximum atomic E-state index is 12.4. The Kier molecular flexibility index (Phi) is 3.13. The molecule has 0 unspecified atom stereocenters. The lowest BCUT2D eigenvalue weighted by atomic mass is 10.1. The summed E-state index contributed by atoms with van der Waals surface area (Å²) in [5.41, 5.74) is 2.97. The van der Waals surface area contributed by atoms with Crippen LogP contribution in [0.2, 0.25) is 0 Å². The number of pyridine rings is 1. The van der Waals surface area contributed by atoms with E-state index in [9.17, 15) is 4.79 Å². The summed E-state index contributed by atoms with van der Waals surface area (Å²) in [5, 5.41) is 5.76. The summed E-state index contributed by atoms with van der Waals surface area (Å²) < 4.78 is 0. The molecule has 1 aromatic heterocycles. The second kappa shape index (κ2) is 5.09. The predicted molar refractivity (Wildman–Crippen MR) is 79.3 cm³/mol. The van der Waals surface area contributed by atoms with E-state index in [1.165, 1.54) is 5.01 Å². The molecular formula is C16H13N3O. The highest BCUT2D eigenvalue weighted by atomic mass is 16.2. The summed E-state index contributed by atoms with van der Waals surface area (Å²) in [6.07, 6.45) is 5.24. The number of rotatable bonds is 2. The molecule has 0 radical (unpaired) electrons. The minimum Gasteiger partial charge on any atom is -0.267 e. The molecule has 0 fully saturated rings. The Morgan fingerprint density at radius 1 is 1.10 bits per heavy atom. The number of hydrogen-bond acceptors (Lipinski definition) is 3. The molecule has 1 aromatic carbocycles. The molecule has 0 atom stereocenters. The molecule has 2 aromatic rings. The number of carbonyl (C=O) groups excluding carboxylic acids is 1. The summed E-state index contributed by atoms with van der Waals surface area (Å²) in [5.74, 6) is -0.113. The van der Waals surface area contributed by atoms with Crippen molar-refractivity contribution in [1.82, 2.24) is 4.98 Å². The predicted octanol–water partition coefficient (Wildman–Crippen LogP) is 2.89. The molecule has 1 aliphatic rings. The number of hydrazone groups is 1. The minimum absolute atomic E-state index is 0.113. The number of para-hydroxylation sites is 1. The molecule has 3 rings (SSSR count). The third-order valence-electron chi connectivity index (χ3n) is 3.06. The average Bonchev–Trinajstić information content (AvgIpc) is 2.77. The van der Waals surface area contributed by atoms with Gasteiger partial charge in [0.1, 0.15) is 0 Å². The van der Waals surface area contributed by atoms with E-state index in [-0.39, 0.29) is 5.91 Å². The van der Waals surface area contributed by atoms with Crippen LogP contribution in [0.15, 0.2) is 65.5 Å². The largest absolute Gasteiger partial charge is 0.280 e. The maximum Gasteiger partial charge on any atom is 0.280 e. The SMILES string of the molecule is CC1=NN(c2ccccc2)C(=O)C1=Cc1cccnc1. The van der Waals surface area contributed by atoms with Crippen molar-refractivity contribution in [3.63, 3.8) is 0 Å². The molecule has 1 aliphatic heterocycles. The van der Waals surface area contributed by atoms with Crippen LogP contribution in [0.5, 0.6) is 0 Å². The number of aromatic nitrogens is 1. The highest BCUT2D eigenvalue weighted by Crippen LogP contribution is 2.24. The van der Waals surface area contributed by atoms with E-state index in [4.69, 9.17) is 0 Å². The zero-order valence-corrected chi connectivity index (χ0v) is 11.0. The average molecular weight is 263 g/mol. The van der Waals surface area contributed by atoms with Gasteiger partial charge in [0.25, 0.3) is 5.91 Å². The van der Waals surface area contributed by atoms with Gasteiger partial charge in [-0.1, -0.05) is 24.3 Å². The molecule has 2 heterocycles. The smallest absolute Gasteiger partial charge is 0.267 e. The van der Waals surface area contributed by atoms with E-state index < -0.39 is 0 Å². The second-order valence-electron chi connectivity index (χ2n) is 4.48. The van der Waals surface area contributed by atoms with Crippen LogP contribution in [0.4, 0.5) is 5.69 Å². The number of anilines is 1. The molecule has 4 nitrogen and oxygen atoms in total. The van der Waals surface area contributed by atoms with Crippen molar-refractivity contribution in [2.45, 2.75) is 6.92 Å². The van der Waals surface area contributed by atoms with Crippen LogP contribution in [0.3, 0.4) is 0 Å². The van der Waals surface area contributed by atoms with Gasteiger partial charge in [0.2, 0.25) is 0 Å². The van der Waals surface area contributed by atoms with Crippen molar-refractivity contribution in [3.8, 4) is 0 Å². The molecule has 0 bridgehead atoms. The summed E-state index contributed by atoms with van der Waals surface area (Å²) in [6.45, 7) is 1.84. The molecule has 20 heavy (non-hydrogen) atoms. The Hall–Kier alpha value is -2.75. The van der Waals surface area contributed by atoms with E-state index in [0.717, 1.165) is 11.3 Å². The van der Waals surface area contributed by atoms with Crippen LogP contribution < -0.4 is 5.01 Å². The van der Waals surface area contributed by atoms with Crippen LogP contribution in [0, 0.1) is 0 Å². The fourth-order valence-electron chi connectivity index (χ4n) is 2.06. The van der Waals surface area contributed by atoms with Gasteiger partial charge in [0.15, 0.2) is 0 Å². The first-order valence-corrected chi connectivity index (χ1v) is 6.32. The van der Waals surface area contributed by atoms with Crippen LogP contribution in [-0.4, -0.2) is 16.6 Å². The van der Waals surface area contributed by atoms with Crippen LogP contribution in [0.25, 0.3) is 6.08 Å². The van der Waals surface area contributed by atoms with Crippen molar-refractivity contribution >= 4 is 23.4 Å². The van der Waals surface area contributed by atoms with E-state index in [2.05, 4.69) is 10.1 Å². The Bertz CT molecular complexity index is 690. The van der Waals surface area contributed by atoms with Crippen molar-refractivity contribution < 1.29 is 4.79 Å². The highest BCUT2D eigenvalue weighted by Gasteiger charge is 2.28. The summed E-state index contributed by atoms with van der Waals surface area (Å²) >= 11 is 0. The lowest BCUT2D eigenvalue weighted by Crippen LogP contribution is -2.21. The molecule has 1 amide bonds. The number of nitrogens with zero attached hydrogens (tertiary/aromatic N) is 3. The Morgan fingerprint density at radius 3 is 2.60 bits per heavy atom. The topological polar surface area (TPSA) is 45.6 Å². The third-order valence-corrected chi connectivity index (χ3v) is 3.06. The first kappa shape index (κ1) is 12.3. The highest BCUT2D eigenvalue weighted by molar-refractivity contribution is 6.32. The molecule has 0 spiro atoms. The summed E-state index contributed by atoms with van der Waals surface area (Å²) in [6, 6.07) is 13.2. The third kappa shape index (κ3) is 2.23.